The van der Waals surface area contributed by atoms with Gasteiger partial charge in [-0.3, -0.25) is 5.10 Å². The number of nitrogens with zero attached hydrogens (tertiary/aromatic N) is 1. The Bertz CT molecular complexity index is 525. The molecule has 0 bridgehead atoms. The lowest BCUT2D eigenvalue weighted by atomic mass is 10.1. The number of aliphatic hydroxyl groups excluding tert-OH is 1. The second-order valence-corrected chi connectivity index (χ2v) is 4.17. The first-order valence-electron chi connectivity index (χ1n) is 5.91. The standard InChI is InChI=1S/C13H14N2O3/c16-13(10-4-5-14-15-10)9-2-3-11-12(8-9)18-7-1-6-17-11/h2-5,8,13,16H,1,6-7H2,(H,14,15). The van der Waals surface area contributed by atoms with Gasteiger partial charge in [0, 0.05) is 12.6 Å². The minimum atomic E-state index is -0.732. The van der Waals surface area contributed by atoms with Gasteiger partial charge >= 0.3 is 0 Å². The molecule has 1 aliphatic rings. The van der Waals surface area contributed by atoms with Crippen LogP contribution < -0.4 is 9.47 Å². The third kappa shape index (κ3) is 2.04. The van der Waals surface area contributed by atoms with E-state index in [2.05, 4.69) is 10.2 Å². The van der Waals surface area contributed by atoms with E-state index >= 15 is 0 Å². The fourth-order valence-electron chi connectivity index (χ4n) is 1.95. The minimum Gasteiger partial charge on any atom is -0.490 e. The van der Waals surface area contributed by atoms with Gasteiger partial charge in [0.1, 0.15) is 6.10 Å². The Labute approximate surface area is 104 Å². The molecule has 2 N–H and O–H groups in total. The predicted molar refractivity (Wildman–Crippen MR) is 64.7 cm³/mol. The number of fused-ring (bicyclic) bond motifs is 1. The molecular formula is C13H14N2O3. The van der Waals surface area contributed by atoms with Gasteiger partial charge in [-0.1, -0.05) is 6.07 Å². The van der Waals surface area contributed by atoms with Crippen molar-refractivity contribution in [1.29, 1.82) is 0 Å². The van der Waals surface area contributed by atoms with Gasteiger partial charge in [-0.2, -0.15) is 5.10 Å². The molecule has 1 aromatic carbocycles. The maximum absolute atomic E-state index is 10.2. The Morgan fingerprint density at radius 3 is 2.78 bits per heavy atom. The predicted octanol–water partition coefficient (Wildman–Crippen LogP) is 1.65. The summed E-state index contributed by atoms with van der Waals surface area (Å²) in [6.45, 7) is 1.30. The van der Waals surface area contributed by atoms with E-state index in [0.717, 1.165) is 17.7 Å². The molecule has 1 aliphatic heterocycles. The highest BCUT2D eigenvalue weighted by atomic mass is 16.5. The van der Waals surface area contributed by atoms with E-state index in [0.29, 0.717) is 24.7 Å². The fourth-order valence-corrected chi connectivity index (χ4v) is 1.95. The molecule has 0 fully saturated rings. The van der Waals surface area contributed by atoms with E-state index in [1.807, 2.05) is 18.2 Å². The maximum atomic E-state index is 10.2. The number of rotatable bonds is 2. The highest BCUT2D eigenvalue weighted by Gasteiger charge is 2.16. The molecule has 94 valence electrons. The molecule has 0 amide bonds. The number of aromatic nitrogens is 2. The van der Waals surface area contributed by atoms with E-state index in [1.165, 1.54) is 0 Å². The van der Waals surface area contributed by atoms with Gasteiger partial charge in [0.25, 0.3) is 0 Å². The molecule has 1 atom stereocenters. The normalized spacial score (nSPS) is 16.1. The zero-order chi connectivity index (χ0) is 12.4. The summed E-state index contributed by atoms with van der Waals surface area (Å²) < 4.78 is 11.1. The number of hydrogen-bond donors (Lipinski definition) is 2. The largest absolute Gasteiger partial charge is 0.490 e. The topological polar surface area (TPSA) is 67.4 Å². The quantitative estimate of drug-likeness (QED) is 0.845. The summed E-state index contributed by atoms with van der Waals surface area (Å²) in [5, 5.41) is 16.8. The Hall–Kier alpha value is -2.01. The van der Waals surface area contributed by atoms with Crippen molar-refractivity contribution >= 4 is 0 Å². The second kappa shape index (κ2) is 4.70. The van der Waals surface area contributed by atoms with E-state index in [9.17, 15) is 5.11 Å². The zero-order valence-corrected chi connectivity index (χ0v) is 9.80. The molecule has 1 unspecified atom stereocenters. The smallest absolute Gasteiger partial charge is 0.161 e. The lowest BCUT2D eigenvalue weighted by molar-refractivity contribution is 0.214. The molecule has 2 heterocycles. The molecule has 5 heteroatoms. The first kappa shape index (κ1) is 11.1. The third-order valence-corrected chi connectivity index (χ3v) is 2.90. The number of benzene rings is 1. The lowest BCUT2D eigenvalue weighted by Gasteiger charge is -2.12. The van der Waals surface area contributed by atoms with Crippen LogP contribution in [0.25, 0.3) is 0 Å². The molecule has 0 aliphatic carbocycles. The van der Waals surface area contributed by atoms with Crippen LogP contribution in [0.2, 0.25) is 0 Å². The summed E-state index contributed by atoms with van der Waals surface area (Å²) in [7, 11) is 0. The van der Waals surface area contributed by atoms with Gasteiger partial charge < -0.3 is 14.6 Å². The molecule has 5 nitrogen and oxygen atoms in total. The number of nitrogens with one attached hydrogen (secondary N) is 1. The van der Waals surface area contributed by atoms with Crippen molar-refractivity contribution in [1.82, 2.24) is 10.2 Å². The molecule has 0 spiro atoms. The molecule has 3 rings (SSSR count). The average molecular weight is 246 g/mol. The molecule has 2 aromatic rings. The van der Waals surface area contributed by atoms with Gasteiger partial charge in [-0.15, -0.1) is 0 Å². The van der Waals surface area contributed by atoms with Gasteiger partial charge in [0.15, 0.2) is 11.5 Å². The van der Waals surface area contributed by atoms with Crippen LogP contribution in [0, 0.1) is 0 Å². The summed E-state index contributed by atoms with van der Waals surface area (Å²) in [6, 6.07) is 7.22. The van der Waals surface area contributed by atoms with Crippen molar-refractivity contribution in [2.45, 2.75) is 12.5 Å². The monoisotopic (exact) mass is 246 g/mol. The molecule has 1 aromatic heterocycles. The van der Waals surface area contributed by atoms with Crippen molar-refractivity contribution in [3.63, 3.8) is 0 Å². The van der Waals surface area contributed by atoms with Crippen LogP contribution in [-0.4, -0.2) is 28.5 Å². The SMILES string of the molecule is OC(c1ccc2c(c1)OCCCO2)c1ccn[nH]1. The third-order valence-electron chi connectivity index (χ3n) is 2.90. The molecule has 0 radical (unpaired) electrons. The van der Waals surface area contributed by atoms with Crippen molar-refractivity contribution < 1.29 is 14.6 Å². The van der Waals surface area contributed by atoms with E-state index < -0.39 is 6.10 Å². The first-order chi connectivity index (χ1) is 8.84. The first-order valence-corrected chi connectivity index (χ1v) is 5.91. The molecule has 0 saturated carbocycles. The molecular weight excluding hydrogens is 232 g/mol. The van der Waals surface area contributed by atoms with Crippen molar-refractivity contribution in [3.8, 4) is 11.5 Å². The van der Waals surface area contributed by atoms with Gasteiger partial charge in [0.05, 0.1) is 18.9 Å². The number of aromatic amines is 1. The number of hydrogen-bond acceptors (Lipinski definition) is 4. The summed E-state index contributed by atoms with van der Waals surface area (Å²) in [5.74, 6) is 1.41. The highest BCUT2D eigenvalue weighted by Crippen LogP contribution is 2.33. The summed E-state index contributed by atoms with van der Waals surface area (Å²) >= 11 is 0. The second-order valence-electron chi connectivity index (χ2n) is 4.17. The van der Waals surface area contributed by atoms with Gasteiger partial charge in [-0.25, -0.2) is 0 Å². The number of aliphatic hydroxyl groups is 1. The molecule has 18 heavy (non-hydrogen) atoms. The lowest BCUT2D eigenvalue weighted by Crippen LogP contribution is -2.01. The van der Waals surface area contributed by atoms with Gasteiger partial charge in [0.2, 0.25) is 0 Å². The van der Waals surface area contributed by atoms with Crippen molar-refractivity contribution in [3.05, 3.63) is 41.7 Å². The summed E-state index contributed by atoms with van der Waals surface area (Å²) in [6.07, 6.45) is 1.75. The Morgan fingerprint density at radius 1 is 1.17 bits per heavy atom. The van der Waals surface area contributed by atoms with Crippen LogP contribution in [0.4, 0.5) is 0 Å². The Balaban J connectivity index is 1.92. The van der Waals surface area contributed by atoms with Crippen LogP contribution in [0.15, 0.2) is 30.5 Å². The van der Waals surface area contributed by atoms with E-state index in [-0.39, 0.29) is 0 Å². The Morgan fingerprint density at radius 2 is 2.00 bits per heavy atom. The van der Waals surface area contributed by atoms with E-state index in [1.54, 1.807) is 12.3 Å². The maximum Gasteiger partial charge on any atom is 0.161 e. The van der Waals surface area contributed by atoms with Crippen LogP contribution in [0.3, 0.4) is 0 Å². The number of ether oxygens (including phenoxy) is 2. The van der Waals surface area contributed by atoms with Crippen LogP contribution >= 0.6 is 0 Å². The van der Waals surface area contributed by atoms with Crippen LogP contribution in [0.1, 0.15) is 23.8 Å². The average Bonchev–Trinajstić information content (AvgIpc) is 2.83. The summed E-state index contributed by atoms with van der Waals surface area (Å²) in [4.78, 5) is 0. The zero-order valence-electron chi connectivity index (χ0n) is 9.80. The highest BCUT2D eigenvalue weighted by molar-refractivity contribution is 5.45. The van der Waals surface area contributed by atoms with Crippen molar-refractivity contribution in [2.75, 3.05) is 13.2 Å². The number of H-pyrrole nitrogens is 1. The Kier molecular flexibility index (Phi) is 2.90. The van der Waals surface area contributed by atoms with E-state index in [4.69, 9.17) is 9.47 Å². The fraction of sp³-hybridized carbons (Fsp3) is 0.308. The minimum absolute atomic E-state index is 0.636. The summed E-state index contributed by atoms with van der Waals surface area (Å²) in [5.41, 5.74) is 1.41. The van der Waals surface area contributed by atoms with Crippen LogP contribution in [-0.2, 0) is 0 Å². The van der Waals surface area contributed by atoms with Gasteiger partial charge in [-0.05, 0) is 23.8 Å². The van der Waals surface area contributed by atoms with Crippen molar-refractivity contribution in [2.24, 2.45) is 0 Å². The van der Waals surface area contributed by atoms with Crippen LogP contribution in [0.5, 0.6) is 11.5 Å². The molecule has 0 saturated heterocycles.